The van der Waals surface area contributed by atoms with Crippen LogP contribution in [0.1, 0.15) is 30.4 Å². The molecular formula is C13H16O2. The number of rotatable bonds is 4. The van der Waals surface area contributed by atoms with Crippen molar-refractivity contribution >= 4 is 12.0 Å². The van der Waals surface area contributed by atoms with Crippen LogP contribution in [-0.2, 0) is 9.53 Å². The van der Waals surface area contributed by atoms with Crippen LogP contribution in [0.5, 0.6) is 0 Å². The molecule has 80 valence electrons. The second kappa shape index (κ2) is 5.35. The molecular weight excluding hydrogens is 188 g/mol. The first-order chi connectivity index (χ1) is 7.22. The van der Waals surface area contributed by atoms with Crippen LogP contribution in [0, 0.1) is 0 Å². The fraction of sp³-hybridized carbons (Fsp3) is 0.308. The summed E-state index contributed by atoms with van der Waals surface area (Å²) in [6, 6.07) is 7.80. The van der Waals surface area contributed by atoms with E-state index < -0.39 is 0 Å². The minimum Gasteiger partial charge on any atom is -0.469 e. The predicted octanol–water partition coefficient (Wildman–Crippen LogP) is 3.00. The lowest BCUT2D eigenvalue weighted by molar-refractivity contribution is -0.142. The molecule has 0 spiro atoms. The minimum absolute atomic E-state index is 0.158. The number of esters is 1. The van der Waals surface area contributed by atoms with Gasteiger partial charge in [-0.2, -0.15) is 0 Å². The highest BCUT2D eigenvalue weighted by molar-refractivity contribution is 5.78. The van der Waals surface area contributed by atoms with Crippen LogP contribution in [0.15, 0.2) is 30.8 Å². The van der Waals surface area contributed by atoms with E-state index in [0.717, 1.165) is 17.5 Å². The zero-order valence-electron chi connectivity index (χ0n) is 9.19. The van der Waals surface area contributed by atoms with Crippen molar-refractivity contribution in [3.63, 3.8) is 0 Å². The molecule has 1 rings (SSSR count). The smallest absolute Gasteiger partial charge is 0.313 e. The van der Waals surface area contributed by atoms with Gasteiger partial charge in [-0.05, 0) is 17.5 Å². The maximum Gasteiger partial charge on any atom is 0.313 e. The van der Waals surface area contributed by atoms with Gasteiger partial charge in [-0.1, -0.05) is 43.8 Å². The fourth-order valence-corrected chi connectivity index (χ4v) is 1.55. The molecule has 1 aromatic rings. The third kappa shape index (κ3) is 2.69. The zero-order valence-corrected chi connectivity index (χ0v) is 9.19. The Morgan fingerprint density at radius 3 is 2.47 bits per heavy atom. The lowest BCUT2D eigenvalue weighted by Gasteiger charge is -2.12. The van der Waals surface area contributed by atoms with E-state index in [1.54, 1.807) is 6.08 Å². The third-order valence-electron chi connectivity index (χ3n) is 2.47. The van der Waals surface area contributed by atoms with Gasteiger partial charge in [0.1, 0.15) is 0 Å². The summed E-state index contributed by atoms with van der Waals surface area (Å²) in [5.41, 5.74) is 2.05. The number of carbonyl (C=O) groups excluding carboxylic acids is 1. The van der Waals surface area contributed by atoms with E-state index in [1.165, 1.54) is 7.11 Å². The number of carbonyl (C=O) groups is 1. The monoisotopic (exact) mass is 204 g/mol. The summed E-state index contributed by atoms with van der Waals surface area (Å²) in [7, 11) is 1.42. The lowest BCUT2D eigenvalue weighted by atomic mass is 9.96. The Morgan fingerprint density at radius 2 is 2.07 bits per heavy atom. The molecule has 15 heavy (non-hydrogen) atoms. The molecule has 2 nitrogen and oxygen atoms in total. The molecule has 0 saturated heterocycles. The second-order valence-electron chi connectivity index (χ2n) is 3.35. The molecule has 0 N–H and O–H groups in total. The molecule has 0 fully saturated rings. The van der Waals surface area contributed by atoms with Crippen molar-refractivity contribution in [1.82, 2.24) is 0 Å². The Labute approximate surface area is 90.6 Å². The van der Waals surface area contributed by atoms with Crippen LogP contribution in [0.2, 0.25) is 0 Å². The first-order valence-corrected chi connectivity index (χ1v) is 5.03. The van der Waals surface area contributed by atoms with Crippen LogP contribution in [0.3, 0.4) is 0 Å². The zero-order chi connectivity index (χ0) is 11.3. The Balaban J connectivity index is 2.92. The highest BCUT2D eigenvalue weighted by Crippen LogP contribution is 2.21. The number of hydrogen-bond donors (Lipinski definition) is 0. The van der Waals surface area contributed by atoms with E-state index in [1.807, 2.05) is 31.2 Å². The number of hydrogen-bond acceptors (Lipinski definition) is 2. The van der Waals surface area contributed by atoms with Crippen LogP contribution in [0.4, 0.5) is 0 Å². The average molecular weight is 204 g/mol. The van der Waals surface area contributed by atoms with Gasteiger partial charge in [0, 0.05) is 0 Å². The van der Waals surface area contributed by atoms with Crippen LogP contribution < -0.4 is 0 Å². The Hall–Kier alpha value is -1.57. The summed E-state index contributed by atoms with van der Waals surface area (Å²) in [6.07, 6.45) is 2.53. The Bertz CT molecular complexity index is 338. The second-order valence-corrected chi connectivity index (χ2v) is 3.35. The highest BCUT2D eigenvalue weighted by Gasteiger charge is 2.18. The van der Waals surface area contributed by atoms with Gasteiger partial charge in [0.15, 0.2) is 0 Å². The summed E-state index contributed by atoms with van der Waals surface area (Å²) in [5, 5.41) is 0. The van der Waals surface area contributed by atoms with Gasteiger partial charge in [-0.3, -0.25) is 4.79 Å². The summed E-state index contributed by atoms with van der Waals surface area (Å²) < 4.78 is 4.76. The van der Waals surface area contributed by atoms with E-state index in [4.69, 9.17) is 4.74 Å². The van der Waals surface area contributed by atoms with Crippen molar-refractivity contribution in [2.45, 2.75) is 19.3 Å². The maximum atomic E-state index is 11.5. The SMILES string of the molecule is C=Cc1ccc(C(CC)C(=O)OC)cc1. The molecule has 1 atom stereocenters. The molecule has 0 amide bonds. The molecule has 2 heteroatoms. The number of ether oxygens (including phenoxy) is 1. The van der Waals surface area contributed by atoms with Crippen molar-refractivity contribution in [2.75, 3.05) is 7.11 Å². The topological polar surface area (TPSA) is 26.3 Å². The molecule has 0 bridgehead atoms. The van der Waals surface area contributed by atoms with Gasteiger partial charge in [0.2, 0.25) is 0 Å². The van der Waals surface area contributed by atoms with Gasteiger partial charge < -0.3 is 4.74 Å². The number of methoxy groups -OCH3 is 1. The normalized spacial score (nSPS) is 11.9. The van der Waals surface area contributed by atoms with Crippen LogP contribution in [0.25, 0.3) is 6.08 Å². The van der Waals surface area contributed by atoms with Crippen LogP contribution >= 0.6 is 0 Å². The van der Waals surface area contributed by atoms with Gasteiger partial charge in [-0.15, -0.1) is 0 Å². The quantitative estimate of drug-likeness (QED) is 0.705. The molecule has 1 aromatic carbocycles. The van der Waals surface area contributed by atoms with E-state index in [9.17, 15) is 4.79 Å². The van der Waals surface area contributed by atoms with Crippen molar-refractivity contribution in [3.8, 4) is 0 Å². The molecule has 0 radical (unpaired) electrons. The van der Waals surface area contributed by atoms with E-state index >= 15 is 0 Å². The van der Waals surface area contributed by atoms with E-state index in [2.05, 4.69) is 6.58 Å². The lowest BCUT2D eigenvalue weighted by Crippen LogP contribution is -2.13. The van der Waals surface area contributed by atoms with Crippen LogP contribution in [-0.4, -0.2) is 13.1 Å². The largest absolute Gasteiger partial charge is 0.469 e. The van der Waals surface area contributed by atoms with Gasteiger partial charge in [-0.25, -0.2) is 0 Å². The molecule has 0 aliphatic carbocycles. The fourth-order valence-electron chi connectivity index (χ4n) is 1.55. The summed E-state index contributed by atoms with van der Waals surface area (Å²) in [5.74, 6) is -0.335. The molecule has 0 aliphatic heterocycles. The van der Waals surface area contributed by atoms with Crippen molar-refractivity contribution in [1.29, 1.82) is 0 Å². The van der Waals surface area contributed by atoms with E-state index in [-0.39, 0.29) is 11.9 Å². The highest BCUT2D eigenvalue weighted by atomic mass is 16.5. The molecule has 0 heterocycles. The molecule has 0 saturated carbocycles. The summed E-state index contributed by atoms with van der Waals surface area (Å²) in [6.45, 7) is 5.66. The number of benzene rings is 1. The molecule has 0 aliphatic rings. The summed E-state index contributed by atoms with van der Waals surface area (Å²) in [4.78, 5) is 11.5. The maximum absolute atomic E-state index is 11.5. The van der Waals surface area contributed by atoms with Gasteiger partial charge >= 0.3 is 5.97 Å². The van der Waals surface area contributed by atoms with Crippen molar-refractivity contribution in [3.05, 3.63) is 42.0 Å². The standard InChI is InChI=1S/C13H16O2/c1-4-10-6-8-11(9-7-10)12(5-2)13(14)15-3/h4,6-9,12H,1,5H2,2-3H3. The molecule has 1 unspecified atom stereocenters. The van der Waals surface area contributed by atoms with Crippen molar-refractivity contribution in [2.24, 2.45) is 0 Å². The predicted molar refractivity (Wildman–Crippen MR) is 61.6 cm³/mol. The first-order valence-electron chi connectivity index (χ1n) is 5.03. The van der Waals surface area contributed by atoms with Gasteiger partial charge in [0.05, 0.1) is 13.0 Å². The molecule has 0 aromatic heterocycles. The third-order valence-corrected chi connectivity index (χ3v) is 2.47. The minimum atomic E-state index is -0.177. The Morgan fingerprint density at radius 1 is 1.47 bits per heavy atom. The van der Waals surface area contributed by atoms with Gasteiger partial charge in [0.25, 0.3) is 0 Å². The average Bonchev–Trinajstić information content (AvgIpc) is 2.30. The van der Waals surface area contributed by atoms with E-state index in [0.29, 0.717) is 0 Å². The Kier molecular flexibility index (Phi) is 4.10. The van der Waals surface area contributed by atoms with Crippen molar-refractivity contribution < 1.29 is 9.53 Å². The summed E-state index contributed by atoms with van der Waals surface area (Å²) >= 11 is 0. The first kappa shape index (κ1) is 11.5.